The van der Waals surface area contributed by atoms with Gasteiger partial charge in [-0.2, -0.15) is 18.3 Å². The summed E-state index contributed by atoms with van der Waals surface area (Å²) in [6.45, 7) is 1.86. The molecule has 0 N–H and O–H groups in total. The number of carbonyl (C=O) groups is 1. The van der Waals surface area contributed by atoms with E-state index in [1.807, 2.05) is 30.3 Å². The molecule has 6 nitrogen and oxygen atoms in total. The average Bonchev–Trinajstić information content (AvgIpc) is 3.46. The highest BCUT2D eigenvalue weighted by atomic mass is 19.4. The van der Waals surface area contributed by atoms with Crippen LogP contribution in [0.3, 0.4) is 0 Å². The first-order chi connectivity index (χ1) is 16.9. The summed E-state index contributed by atoms with van der Waals surface area (Å²) in [5.41, 5.74) is -1.02. The third-order valence-electron chi connectivity index (χ3n) is 5.95. The van der Waals surface area contributed by atoms with E-state index in [1.54, 1.807) is 0 Å². The first kappa shape index (κ1) is 25.5. The molecule has 2 heterocycles. The van der Waals surface area contributed by atoms with Gasteiger partial charge in [0.1, 0.15) is 5.75 Å². The molecule has 4 rings (SSSR count). The van der Waals surface area contributed by atoms with Crippen LogP contribution in [0.25, 0.3) is 5.69 Å². The zero-order valence-electron chi connectivity index (χ0n) is 19.1. The van der Waals surface area contributed by atoms with Gasteiger partial charge in [0.25, 0.3) is 5.91 Å². The molecule has 0 saturated carbocycles. The summed E-state index contributed by atoms with van der Waals surface area (Å²) in [6, 6.07) is 13.2. The summed E-state index contributed by atoms with van der Waals surface area (Å²) < 4.78 is 83.5. The molecule has 0 bridgehead atoms. The van der Waals surface area contributed by atoms with Gasteiger partial charge < -0.3 is 9.64 Å². The van der Waals surface area contributed by atoms with Crippen LogP contribution in [0.15, 0.2) is 60.8 Å². The molecule has 12 heteroatoms. The maximum atomic E-state index is 14.0. The first-order valence-electron chi connectivity index (χ1n) is 11.0. The van der Waals surface area contributed by atoms with Gasteiger partial charge in [-0.1, -0.05) is 30.3 Å². The number of likely N-dealkylation sites (N-methyl/N-ethyl adjacent to an activating group) is 1. The van der Waals surface area contributed by atoms with E-state index in [0.29, 0.717) is 30.7 Å². The maximum Gasteiger partial charge on any atom is 0.573 e. The van der Waals surface area contributed by atoms with E-state index in [0.717, 1.165) is 36.0 Å². The predicted molar refractivity (Wildman–Crippen MR) is 117 cm³/mol. The van der Waals surface area contributed by atoms with Crippen molar-refractivity contribution < 1.29 is 35.9 Å². The number of likely N-dealkylation sites (tertiary alicyclic amines) is 1. The fourth-order valence-electron chi connectivity index (χ4n) is 4.23. The Labute approximate surface area is 202 Å². The topological polar surface area (TPSA) is 50.6 Å². The minimum absolute atomic E-state index is 0.173. The number of nitrogens with zero attached hydrogens (tertiary/aromatic N) is 4. The zero-order chi connectivity index (χ0) is 26.1. The Morgan fingerprint density at radius 2 is 1.72 bits per heavy atom. The highest BCUT2D eigenvalue weighted by Crippen LogP contribution is 2.35. The van der Waals surface area contributed by atoms with E-state index in [1.165, 1.54) is 11.9 Å². The third kappa shape index (κ3) is 5.81. The van der Waals surface area contributed by atoms with Gasteiger partial charge in [-0.15, -0.1) is 13.2 Å². The minimum atomic E-state index is -4.95. The van der Waals surface area contributed by atoms with E-state index >= 15 is 0 Å². The smallest absolute Gasteiger partial charge is 0.406 e. The minimum Gasteiger partial charge on any atom is -0.406 e. The first-order valence-corrected chi connectivity index (χ1v) is 11.0. The zero-order valence-corrected chi connectivity index (χ0v) is 19.1. The van der Waals surface area contributed by atoms with Crippen LogP contribution in [-0.2, 0) is 12.7 Å². The summed E-state index contributed by atoms with van der Waals surface area (Å²) in [5.74, 6) is -1.43. The van der Waals surface area contributed by atoms with Crippen molar-refractivity contribution in [3.05, 3.63) is 77.6 Å². The van der Waals surface area contributed by atoms with Gasteiger partial charge in [0.2, 0.25) is 0 Å². The largest absolute Gasteiger partial charge is 0.573 e. The van der Waals surface area contributed by atoms with E-state index in [2.05, 4.69) is 14.7 Å². The van der Waals surface area contributed by atoms with Crippen molar-refractivity contribution in [3.63, 3.8) is 0 Å². The van der Waals surface area contributed by atoms with Gasteiger partial charge in [0, 0.05) is 32.7 Å². The molecule has 1 saturated heterocycles. The maximum absolute atomic E-state index is 14.0. The number of ether oxygens (including phenoxy) is 1. The second-order valence-corrected chi connectivity index (χ2v) is 8.44. The van der Waals surface area contributed by atoms with E-state index in [-0.39, 0.29) is 11.7 Å². The lowest BCUT2D eigenvalue weighted by Crippen LogP contribution is -2.39. The Morgan fingerprint density at radius 1 is 1.06 bits per heavy atom. The SMILES string of the molecule is CN(C(=O)c1cnn(-c2ccc(OC(F)(F)F)cc2)c1C(F)(F)F)C1CCN(Cc2ccccc2)C1. The van der Waals surface area contributed by atoms with Crippen LogP contribution in [0.1, 0.15) is 28.0 Å². The van der Waals surface area contributed by atoms with Crippen molar-refractivity contribution >= 4 is 5.91 Å². The van der Waals surface area contributed by atoms with Gasteiger partial charge in [-0.25, -0.2) is 4.68 Å². The number of hydrogen-bond donors (Lipinski definition) is 0. The summed E-state index contributed by atoms with van der Waals surface area (Å²) in [7, 11) is 1.46. The Hall–Kier alpha value is -3.54. The number of halogens is 6. The lowest BCUT2D eigenvalue weighted by molar-refractivity contribution is -0.274. The molecule has 1 aliphatic rings. The molecule has 1 fully saturated rings. The van der Waals surface area contributed by atoms with E-state index in [9.17, 15) is 31.1 Å². The van der Waals surface area contributed by atoms with Crippen molar-refractivity contribution in [1.29, 1.82) is 0 Å². The summed E-state index contributed by atoms with van der Waals surface area (Å²) in [5, 5.41) is 3.73. The summed E-state index contributed by atoms with van der Waals surface area (Å²) >= 11 is 0. The van der Waals surface area contributed by atoms with Crippen LogP contribution in [0, 0.1) is 0 Å². The molecule has 3 aromatic rings. The standard InChI is InChI=1S/C24H22F6N4O2/c1-32(18-11-12-33(15-18)14-16-5-3-2-4-6-16)22(35)20-13-31-34(21(20)23(25,26)27)17-7-9-19(10-8-17)36-24(28,29)30/h2-10,13,18H,11-12,14-15H2,1H3. The molecule has 36 heavy (non-hydrogen) atoms. The van der Waals surface area contributed by atoms with Gasteiger partial charge in [-0.3, -0.25) is 9.69 Å². The van der Waals surface area contributed by atoms with Crippen molar-refractivity contribution in [3.8, 4) is 11.4 Å². The molecule has 1 aromatic heterocycles. The Balaban J connectivity index is 1.53. The molecule has 1 atom stereocenters. The van der Waals surface area contributed by atoms with Gasteiger partial charge in [0.15, 0.2) is 5.69 Å². The molecule has 1 aliphatic heterocycles. The van der Waals surface area contributed by atoms with Crippen LogP contribution in [-0.4, -0.2) is 58.0 Å². The Morgan fingerprint density at radius 3 is 2.33 bits per heavy atom. The number of benzene rings is 2. The normalized spacial score (nSPS) is 16.8. The quantitative estimate of drug-likeness (QED) is 0.430. The fourth-order valence-corrected chi connectivity index (χ4v) is 4.23. The van der Waals surface area contributed by atoms with Gasteiger partial charge in [-0.05, 0) is 36.2 Å². The number of alkyl halides is 6. The molecular weight excluding hydrogens is 490 g/mol. The summed E-state index contributed by atoms with van der Waals surface area (Å²) in [4.78, 5) is 16.5. The average molecular weight is 512 g/mol. The molecule has 0 spiro atoms. The van der Waals surface area contributed by atoms with Crippen molar-refractivity contribution in [2.24, 2.45) is 0 Å². The predicted octanol–water partition coefficient (Wildman–Crippen LogP) is 5.14. The fraction of sp³-hybridized carbons (Fsp3) is 0.333. The van der Waals surface area contributed by atoms with E-state index < -0.39 is 35.5 Å². The number of amides is 1. The van der Waals surface area contributed by atoms with E-state index in [4.69, 9.17) is 0 Å². The molecule has 2 aromatic carbocycles. The Bertz CT molecular complexity index is 1190. The number of rotatable bonds is 6. The molecule has 1 amide bonds. The molecule has 192 valence electrons. The highest BCUT2D eigenvalue weighted by Gasteiger charge is 2.42. The number of hydrogen-bond acceptors (Lipinski definition) is 4. The molecule has 1 unspecified atom stereocenters. The molecule has 0 radical (unpaired) electrons. The van der Waals surface area contributed by atoms with Crippen LogP contribution < -0.4 is 4.74 Å². The number of aromatic nitrogens is 2. The lowest BCUT2D eigenvalue weighted by atomic mass is 10.1. The molecular formula is C24H22F6N4O2. The van der Waals surface area contributed by atoms with Crippen molar-refractivity contribution in [2.75, 3.05) is 20.1 Å². The van der Waals surface area contributed by atoms with Crippen LogP contribution in [0.2, 0.25) is 0 Å². The van der Waals surface area contributed by atoms with Crippen LogP contribution >= 0.6 is 0 Å². The molecule has 0 aliphatic carbocycles. The van der Waals surface area contributed by atoms with Crippen LogP contribution in [0.4, 0.5) is 26.3 Å². The monoisotopic (exact) mass is 512 g/mol. The third-order valence-corrected chi connectivity index (χ3v) is 5.95. The van der Waals surface area contributed by atoms with Crippen molar-refractivity contribution in [1.82, 2.24) is 19.6 Å². The van der Waals surface area contributed by atoms with Gasteiger partial charge in [0.05, 0.1) is 17.4 Å². The highest BCUT2D eigenvalue weighted by molar-refractivity contribution is 5.95. The lowest BCUT2D eigenvalue weighted by Gasteiger charge is -2.25. The second kappa shape index (κ2) is 9.84. The van der Waals surface area contributed by atoms with Crippen LogP contribution in [0.5, 0.6) is 5.75 Å². The van der Waals surface area contributed by atoms with Crippen molar-refractivity contribution in [2.45, 2.75) is 31.5 Å². The number of carbonyl (C=O) groups excluding carboxylic acids is 1. The second-order valence-electron chi connectivity index (χ2n) is 8.44. The Kier molecular flexibility index (Phi) is 6.98. The summed E-state index contributed by atoms with van der Waals surface area (Å²) in [6.07, 6.45) is -8.45. The van der Waals surface area contributed by atoms with Gasteiger partial charge >= 0.3 is 12.5 Å².